The molecule has 1 heterocycles. The number of hydrogen-bond donors (Lipinski definition) is 2. The first kappa shape index (κ1) is 17.2. The molecule has 0 aliphatic rings. The predicted octanol–water partition coefficient (Wildman–Crippen LogP) is 3.87. The molecule has 1 aromatic heterocycles. The van der Waals surface area contributed by atoms with Crippen molar-refractivity contribution in [1.82, 2.24) is 10.3 Å². The summed E-state index contributed by atoms with van der Waals surface area (Å²) >= 11 is 1.60. The van der Waals surface area contributed by atoms with Gasteiger partial charge in [-0.2, -0.15) is 0 Å². The lowest BCUT2D eigenvalue weighted by Crippen LogP contribution is -2.30. The second-order valence-electron chi connectivity index (χ2n) is 5.54. The fourth-order valence-electron chi connectivity index (χ4n) is 2.29. The summed E-state index contributed by atoms with van der Waals surface area (Å²) in [6, 6.07) is 8.66. The van der Waals surface area contributed by atoms with Crippen molar-refractivity contribution < 1.29 is 4.79 Å². The Morgan fingerprint density at radius 1 is 1.39 bits per heavy atom. The van der Waals surface area contributed by atoms with E-state index in [0.29, 0.717) is 0 Å². The van der Waals surface area contributed by atoms with Crippen molar-refractivity contribution in [3.8, 4) is 11.3 Å². The van der Waals surface area contributed by atoms with Crippen LogP contribution in [0.2, 0.25) is 0 Å². The van der Waals surface area contributed by atoms with E-state index in [-0.39, 0.29) is 11.9 Å². The van der Waals surface area contributed by atoms with Gasteiger partial charge in [0.2, 0.25) is 5.91 Å². The molecule has 23 heavy (non-hydrogen) atoms. The molecule has 0 aliphatic heterocycles. The van der Waals surface area contributed by atoms with Crippen LogP contribution in [0.25, 0.3) is 11.3 Å². The molecule has 0 fully saturated rings. The van der Waals surface area contributed by atoms with Crippen molar-refractivity contribution >= 4 is 22.4 Å². The largest absolute Gasteiger partial charge is 0.358 e. The molecule has 122 valence electrons. The van der Waals surface area contributed by atoms with Crippen LogP contribution in [-0.2, 0) is 11.2 Å². The molecule has 2 N–H and O–H groups in total. The predicted molar refractivity (Wildman–Crippen MR) is 97.8 cm³/mol. The lowest BCUT2D eigenvalue weighted by molar-refractivity contribution is -0.119. The summed E-state index contributed by atoms with van der Waals surface area (Å²) in [5, 5.41) is 9.07. The molecule has 2 rings (SSSR count). The molecule has 1 atom stereocenters. The number of amides is 1. The van der Waals surface area contributed by atoms with Gasteiger partial charge in [0, 0.05) is 30.5 Å². The summed E-state index contributed by atoms with van der Waals surface area (Å²) in [5.74, 6) is 0.0252. The molecule has 0 aliphatic carbocycles. The van der Waals surface area contributed by atoms with Gasteiger partial charge in [-0.3, -0.25) is 4.79 Å². The molecule has 1 amide bonds. The van der Waals surface area contributed by atoms with E-state index in [1.807, 2.05) is 13.0 Å². The van der Waals surface area contributed by atoms with Gasteiger partial charge in [-0.1, -0.05) is 30.3 Å². The van der Waals surface area contributed by atoms with Gasteiger partial charge in [-0.05, 0) is 25.3 Å². The molecule has 5 heteroatoms. The van der Waals surface area contributed by atoms with Crippen LogP contribution in [0.3, 0.4) is 0 Å². The highest BCUT2D eigenvalue weighted by Gasteiger charge is 2.06. The van der Waals surface area contributed by atoms with E-state index in [1.165, 1.54) is 5.56 Å². The smallest absolute Gasteiger partial charge is 0.217 e. The average molecular weight is 329 g/mol. The highest BCUT2D eigenvalue weighted by molar-refractivity contribution is 7.14. The van der Waals surface area contributed by atoms with Gasteiger partial charge in [0.25, 0.3) is 0 Å². The van der Waals surface area contributed by atoms with Gasteiger partial charge in [-0.15, -0.1) is 17.9 Å². The van der Waals surface area contributed by atoms with E-state index in [1.54, 1.807) is 18.3 Å². The van der Waals surface area contributed by atoms with Gasteiger partial charge < -0.3 is 10.6 Å². The molecular weight excluding hydrogens is 306 g/mol. The van der Waals surface area contributed by atoms with Gasteiger partial charge in [0.05, 0.1) is 5.69 Å². The number of aryl methyl sites for hydroxylation is 1. The number of hydrogen-bond acceptors (Lipinski definition) is 4. The van der Waals surface area contributed by atoms with E-state index in [0.717, 1.165) is 35.8 Å². The number of nitrogens with one attached hydrogen (secondary N) is 2. The zero-order valence-corrected chi connectivity index (χ0v) is 14.5. The lowest BCUT2D eigenvalue weighted by atomic mass is 10.0. The molecule has 0 spiro atoms. The zero-order chi connectivity index (χ0) is 16.7. The van der Waals surface area contributed by atoms with E-state index in [9.17, 15) is 4.79 Å². The minimum absolute atomic E-state index is 0.0252. The highest BCUT2D eigenvalue weighted by atomic mass is 32.1. The Hall–Kier alpha value is -2.14. The third-order valence-corrected chi connectivity index (χ3v) is 4.27. The lowest BCUT2D eigenvalue weighted by Gasteiger charge is -2.12. The van der Waals surface area contributed by atoms with Crippen molar-refractivity contribution in [3.63, 3.8) is 0 Å². The highest BCUT2D eigenvalue weighted by Crippen LogP contribution is 2.25. The molecular formula is C18H23N3OS. The van der Waals surface area contributed by atoms with Crippen molar-refractivity contribution in [2.45, 2.75) is 32.7 Å². The Balaban J connectivity index is 1.92. The summed E-state index contributed by atoms with van der Waals surface area (Å²) in [6.07, 6.45) is 3.70. The van der Waals surface area contributed by atoms with Crippen molar-refractivity contribution in [1.29, 1.82) is 0 Å². The van der Waals surface area contributed by atoms with Crippen LogP contribution in [0.1, 0.15) is 25.8 Å². The summed E-state index contributed by atoms with van der Waals surface area (Å²) in [4.78, 5) is 15.6. The number of carbonyl (C=O) groups is 1. The van der Waals surface area contributed by atoms with Crippen LogP contribution in [0.5, 0.6) is 0 Å². The van der Waals surface area contributed by atoms with E-state index < -0.39 is 0 Å². The maximum Gasteiger partial charge on any atom is 0.217 e. The molecule has 0 saturated heterocycles. The number of benzene rings is 1. The number of nitrogens with zero attached hydrogens (tertiary/aromatic N) is 1. The first-order valence-corrected chi connectivity index (χ1v) is 8.63. The molecule has 4 nitrogen and oxygen atoms in total. The zero-order valence-electron chi connectivity index (χ0n) is 13.6. The van der Waals surface area contributed by atoms with Crippen LogP contribution >= 0.6 is 11.3 Å². The van der Waals surface area contributed by atoms with Crippen LogP contribution in [0, 0.1) is 0 Å². The van der Waals surface area contributed by atoms with Crippen LogP contribution < -0.4 is 10.6 Å². The normalized spacial score (nSPS) is 11.7. The number of anilines is 1. The molecule has 0 unspecified atom stereocenters. The SMILES string of the molecule is C=CCNc1nc(-c2ccc(CC[C@@H](C)NC(C)=O)cc2)cs1. The minimum atomic E-state index is 0.0252. The second kappa shape index (κ2) is 8.48. The van der Waals surface area contributed by atoms with Crippen molar-refractivity contribution in [2.24, 2.45) is 0 Å². The Kier molecular flexibility index (Phi) is 6.35. The summed E-state index contributed by atoms with van der Waals surface area (Å²) < 4.78 is 0. The van der Waals surface area contributed by atoms with Crippen LogP contribution in [0.4, 0.5) is 5.13 Å². The quantitative estimate of drug-likeness (QED) is 0.723. The number of thiazole rings is 1. The van der Waals surface area contributed by atoms with E-state index >= 15 is 0 Å². The number of rotatable bonds is 8. The van der Waals surface area contributed by atoms with Gasteiger partial charge in [0.1, 0.15) is 0 Å². The van der Waals surface area contributed by atoms with Crippen LogP contribution in [0.15, 0.2) is 42.3 Å². The summed E-state index contributed by atoms with van der Waals surface area (Å²) in [7, 11) is 0. The summed E-state index contributed by atoms with van der Waals surface area (Å²) in [6.45, 7) is 7.99. The summed E-state index contributed by atoms with van der Waals surface area (Å²) in [5.41, 5.74) is 3.37. The Morgan fingerprint density at radius 2 is 2.13 bits per heavy atom. The Bertz CT molecular complexity index is 649. The molecule has 0 radical (unpaired) electrons. The van der Waals surface area contributed by atoms with E-state index in [4.69, 9.17) is 0 Å². The number of carbonyl (C=O) groups excluding carboxylic acids is 1. The fraction of sp³-hybridized carbons (Fsp3) is 0.333. The fourth-order valence-corrected chi connectivity index (χ4v) is 3.02. The van der Waals surface area contributed by atoms with Crippen molar-refractivity contribution in [3.05, 3.63) is 47.9 Å². The molecule has 1 aromatic carbocycles. The van der Waals surface area contributed by atoms with Gasteiger partial charge in [-0.25, -0.2) is 4.98 Å². The standard InChI is InChI=1S/C18H23N3OS/c1-4-11-19-18-21-17(12-23-18)16-9-7-15(8-10-16)6-5-13(2)20-14(3)22/h4,7-10,12-13H,1,5-6,11H2,2-3H3,(H,19,21)(H,20,22)/t13-/m1/s1. The molecule has 2 aromatic rings. The average Bonchev–Trinajstić information content (AvgIpc) is 2.99. The maximum absolute atomic E-state index is 11.0. The van der Waals surface area contributed by atoms with Crippen LogP contribution in [-0.4, -0.2) is 23.5 Å². The third kappa shape index (κ3) is 5.53. The monoisotopic (exact) mass is 329 g/mol. The Morgan fingerprint density at radius 3 is 2.78 bits per heavy atom. The topological polar surface area (TPSA) is 54.0 Å². The van der Waals surface area contributed by atoms with E-state index in [2.05, 4.69) is 51.8 Å². The molecule has 0 saturated carbocycles. The first-order valence-electron chi connectivity index (χ1n) is 7.75. The maximum atomic E-state index is 11.0. The van der Waals surface area contributed by atoms with Gasteiger partial charge >= 0.3 is 0 Å². The first-order chi connectivity index (χ1) is 11.1. The molecule has 0 bridgehead atoms. The third-order valence-electron chi connectivity index (χ3n) is 3.47. The number of aromatic nitrogens is 1. The minimum Gasteiger partial charge on any atom is -0.358 e. The van der Waals surface area contributed by atoms with Gasteiger partial charge in [0.15, 0.2) is 5.13 Å². The van der Waals surface area contributed by atoms with Crippen molar-refractivity contribution in [2.75, 3.05) is 11.9 Å². The Labute approximate surface area is 141 Å². The second-order valence-corrected chi connectivity index (χ2v) is 6.40.